The lowest BCUT2D eigenvalue weighted by molar-refractivity contribution is -0.137. The van der Waals surface area contributed by atoms with Crippen molar-refractivity contribution in [2.24, 2.45) is 5.10 Å². The van der Waals surface area contributed by atoms with Crippen LogP contribution in [0.5, 0.6) is 0 Å². The van der Waals surface area contributed by atoms with Crippen LogP contribution in [-0.4, -0.2) is 82.6 Å². The maximum atomic E-state index is 12.2. The molecule has 0 unspecified atom stereocenters. The number of ether oxygens (including phenoxy) is 2. The van der Waals surface area contributed by atoms with E-state index < -0.39 is 35.9 Å². The Morgan fingerprint density at radius 2 is 1.96 bits per heavy atom. The summed E-state index contributed by atoms with van der Waals surface area (Å²) in [4.78, 5) is 49.1. The molecule has 11 nitrogen and oxygen atoms in total. The van der Waals surface area contributed by atoms with Crippen LogP contribution < -0.4 is 5.43 Å². The Balaban J connectivity index is 1.75. The van der Waals surface area contributed by atoms with Gasteiger partial charge in [-0.2, -0.15) is 5.10 Å². The van der Waals surface area contributed by atoms with Gasteiger partial charge < -0.3 is 19.5 Å². The van der Waals surface area contributed by atoms with Crippen molar-refractivity contribution in [1.82, 2.24) is 15.2 Å². The fourth-order valence-corrected chi connectivity index (χ4v) is 3.05. The summed E-state index contributed by atoms with van der Waals surface area (Å²) >= 11 is 0. The quantitative estimate of drug-likeness (QED) is 0.516. The Bertz CT molecular complexity index is 663. The molecule has 2 rings (SSSR count). The Morgan fingerprint density at radius 1 is 1.32 bits per heavy atom. The molecular weight excluding hydrogens is 372 g/mol. The minimum atomic E-state index is -1.10. The van der Waals surface area contributed by atoms with E-state index in [0.29, 0.717) is 25.9 Å². The molecule has 28 heavy (non-hydrogen) atoms. The molecule has 2 aliphatic heterocycles. The fourth-order valence-electron chi connectivity index (χ4n) is 3.05. The normalized spacial score (nSPS) is 19.0. The zero-order valence-corrected chi connectivity index (χ0v) is 16.3. The van der Waals surface area contributed by atoms with Crippen molar-refractivity contribution in [2.75, 3.05) is 26.2 Å². The number of rotatable bonds is 5. The third kappa shape index (κ3) is 6.10. The van der Waals surface area contributed by atoms with E-state index in [-0.39, 0.29) is 18.9 Å². The van der Waals surface area contributed by atoms with Crippen LogP contribution in [0.2, 0.25) is 0 Å². The van der Waals surface area contributed by atoms with Crippen molar-refractivity contribution in [3.8, 4) is 0 Å². The molecule has 2 aliphatic rings. The van der Waals surface area contributed by atoms with E-state index in [0.717, 1.165) is 4.90 Å². The smallest absolute Gasteiger partial charge is 0.428 e. The van der Waals surface area contributed by atoms with Crippen molar-refractivity contribution in [2.45, 2.75) is 51.2 Å². The van der Waals surface area contributed by atoms with Crippen LogP contribution in [-0.2, 0) is 19.1 Å². The van der Waals surface area contributed by atoms with Gasteiger partial charge in [0.15, 0.2) is 0 Å². The van der Waals surface area contributed by atoms with Gasteiger partial charge in [-0.3, -0.25) is 14.5 Å². The first kappa shape index (κ1) is 21.5. The number of piperidine rings is 1. The molecule has 0 atom stereocenters. The molecule has 0 saturated carbocycles. The van der Waals surface area contributed by atoms with Crippen LogP contribution >= 0.6 is 0 Å². The Labute approximate surface area is 162 Å². The molecule has 0 aromatic heterocycles. The first-order chi connectivity index (χ1) is 13.0. The van der Waals surface area contributed by atoms with Crippen LogP contribution in [0, 0.1) is 0 Å². The van der Waals surface area contributed by atoms with Crippen LogP contribution in [0.3, 0.4) is 0 Å². The summed E-state index contributed by atoms with van der Waals surface area (Å²) in [5, 5.41) is 12.5. The average molecular weight is 398 g/mol. The highest BCUT2D eigenvalue weighted by atomic mass is 16.6. The number of carbonyl (C=O) groups excluding carboxylic acids is 3. The van der Waals surface area contributed by atoms with Gasteiger partial charge in [-0.15, -0.1) is 0 Å². The Morgan fingerprint density at radius 3 is 2.54 bits per heavy atom. The topological polar surface area (TPSA) is 138 Å². The van der Waals surface area contributed by atoms with E-state index in [4.69, 9.17) is 14.6 Å². The molecule has 156 valence electrons. The molecule has 0 aromatic carbocycles. The van der Waals surface area contributed by atoms with Crippen LogP contribution in [0.1, 0.15) is 40.0 Å². The molecular formula is C17H26N4O7. The van der Waals surface area contributed by atoms with Gasteiger partial charge >= 0.3 is 18.2 Å². The first-order valence-corrected chi connectivity index (χ1v) is 8.98. The summed E-state index contributed by atoms with van der Waals surface area (Å²) in [5.74, 6) is -1.27. The van der Waals surface area contributed by atoms with Crippen LogP contribution in [0.25, 0.3) is 0 Å². The van der Waals surface area contributed by atoms with E-state index in [1.807, 2.05) is 0 Å². The second-order valence-electron chi connectivity index (χ2n) is 7.81. The minimum absolute atomic E-state index is 0.00766. The number of carboxylic acids is 1. The molecule has 0 aliphatic carbocycles. The number of aliphatic carboxylic acids is 1. The molecule has 0 bridgehead atoms. The predicted octanol–water partition coefficient (Wildman–Crippen LogP) is 0.785. The highest BCUT2D eigenvalue weighted by Gasteiger charge is 2.47. The summed E-state index contributed by atoms with van der Waals surface area (Å²) < 4.78 is 10.4. The minimum Gasteiger partial charge on any atom is -0.480 e. The number of nitrogens with one attached hydrogen (secondary N) is 1. The Kier molecular flexibility index (Phi) is 6.47. The SMILES string of the molecule is CC(C)(C)OC(=O)NN=CCC(=O)N1CCC2(CC1)CN(CC(=O)O)C(=O)O2. The van der Waals surface area contributed by atoms with E-state index in [1.165, 1.54) is 6.21 Å². The van der Waals surface area contributed by atoms with Crippen LogP contribution in [0.15, 0.2) is 5.10 Å². The second-order valence-corrected chi connectivity index (χ2v) is 7.81. The molecule has 2 fully saturated rings. The van der Waals surface area contributed by atoms with Crippen LogP contribution in [0.4, 0.5) is 9.59 Å². The molecule has 2 saturated heterocycles. The first-order valence-electron chi connectivity index (χ1n) is 8.98. The average Bonchev–Trinajstić information content (AvgIpc) is 2.85. The van der Waals surface area contributed by atoms with Crippen molar-refractivity contribution < 1.29 is 33.8 Å². The Hall–Kier alpha value is -2.85. The van der Waals surface area contributed by atoms with Gasteiger partial charge in [-0.05, 0) is 20.8 Å². The predicted molar refractivity (Wildman–Crippen MR) is 96.7 cm³/mol. The van der Waals surface area contributed by atoms with E-state index in [1.54, 1.807) is 25.7 Å². The molecule has 2 N–H and O–H groups in total. The van der Waals surface area contributed by atoms with Crippen molar-refractivity contribution in [1.29, 1.82) is 0 Å². The van der Waals surface area contributed by atoms with Crippen molar-refractivity contribution in [3.05, 3.63) is 0 Å². The molecule has 1 spiro atoms. The maximum Gasteiger partial charge on any atom is 0.428 e. The van der Waals surface area contributed by atoms with Crippen molar-refractivity contribution in [3.63, 3.8) is 0 Å². The molecule has 0 radical (unpaired) electrons. The highest BCUT2D eigenvalue weighted by molar-refractivity contribution is 5.90. The number of hydrogen-bond donors (Lipinski definition) is 2. The van der Waals surface area contributed by atoms with Gasteiger partial charge in [-0.25, -0.2) is 15.0 Å². The summed E-state index contributed by atoms with van der Waals surface area (Å²) in [6, 6.07) is 0. The number of amides is 3. The third-order valence-corrected chi connectivity index (χ3v) is 4.31. The largest absolute Gasteiger partial charge is 0.480 e. The van der Waals surface area contributed by atoms with Gasteiger partial charge in [0.05, 0.1) is 13.0 Å². The monoisotopic (exact) mass is 398 g/mol. The van der Waals surface area contributed by atoms with Crippen molar-refractivity contribution >= 4 is 30.3 Å². The standard InChI is InChI=1S/C17H26N4O7/c1-16(2,3)27-14(25)19-18-7-4-12(22)20-8-5-17(6-9-20)11-21(10-13(23)24)15(26)28-17/h7H,4-6,8-11H2,1-3H3,(H,19,25)(H,23,24). The van der Waals surface area contributed by atoms with Gasteiger partial charge in [0.25, 0.3) is 0 Å². The van der Waals surface area contributed by atoms with Gasteiger partial charge in [0.2, 0.25) is 5.91 Å². The fraction of sp³-hybridized carbons (Fsp3) is 0.706. The lowest BCUT2D eigenvalue weighted by atomic mass is 9.91. The summed E-state index contributed by atoms with van der Waals surface area (Å²) in [6.07, 6.45) is 0.837. The molecule has 11 heteroatoms. The zero-order valence-electron chi connectivity index (χ0n) is 16.3. The lowest BCUT2D eigenvalue weighted by Gasteiger charge is -2.37. The third-order valence-electron chi connectivity index (χ3n) is 4.31. The maximum absolute atomic E-state index is 12.2. The molecule has 0 aromatic rings. The lowest BCUT2D eigenvalue weighted by Crippen LogP contribution is -2.49. The number of hydrogen-bond acceptors (Lipinski definition) is 7. The van der Waals surface area contributed by atoms with Gasteiger partial charge in [0.1, 0.15) is 17.7 Å². The van der Waals surface area contributed by atoms with Gasteiger partial charge in [-0.1, -0.05) is 0 Å². The highest BCUT2D eigenvalue weighted by Crippen LogP contribution is 2.33. The number of hydrazone groups is 1. The second kappa shape index (κ2) is 8.44. The number of nitrogens with zero attached hydrogens (tertiary/aromatic N) is 3. The summed E-state index contributed by atoms with van der Waals surface area (Å²) in [7, 11) is 0. The van der Waals surface area contributed by atoms with E-state index in [9.17, 15) is 19.2 Å². The number of likely N-dealkylation sites (tertiary alicyclic amines) is 1. The molecule has 3 amide bonds. The number of carbonyl (C=O) groups is 4. The number of carboxylic acid groups (broad SMARTS) is 1. The van der Waals surface area contributed by atoms with E-state index in [2.05, 4.69) is 10.5 Å². The van der Waals surface area contributed by atoms with E-state index >= 15 is 0 Å². The van der Waals surface area contributed by atoms with Gasteiger partial charge in [0, 0.05) is 32.1 Å². The zero-order chi connectivity index (χ0) is 20.9. The molecule has 2 heterocycles. The summed E-state index contributed by atoms with van der Waals surface area (Å²) in [6.45, 7) is 5.77. The summed E-state index contributed by atoms with van der Waals surface area (Å²) in [5.41, 5.74) is 0.813.